The van der Waals surface area contributed by atoms with Crippen molar-refractivity contribution in [1.29, 1.82) is 0 Å². The van der Waals surface area contributed by atoms with Crippen LogP contribution in [0.3, 0.4) is 0 Å². The summed E-state index contributed by atoms with van der Waals surface area (Å²) in [6.45, 7) is 0. The van der Waals surface area contributed by atoms with Gasteiger partial charge < -0.3 is 14.0 Å². The fourth-order valence-corrected chi connectivity index (χ4v) is 8.78. The van der Waals surface area contributed by atoms with Crippen molar-refractivity contribution in [1.82, 2.24) is 9.13 Å². The number of rotatable bonds is 7. The Bertz CT molecular complexity index is 3160. The van der Waals surface area contributed by atoms with Gasteiger partial charge in [0.1, 0.15) is 0 Å². The van der Waals surface area contributed by atoms with Gasteiger partial charge in [-0.05, 0) is 101 Å². The predicted molar refractivity (Wildman–Crippen MR) is 241 cm³/mol. The number of fused-ring (bicyclic) bond motifs is 6. The Hall–Kier alpha value is -7.62. The molecule has 0 aliphatic heterocycles. The maximum atomic E-state index is 2.44. The second kappa shape index (κ2) is 13.6. The van der Waals surface area contributed by atoms with Crippen LogP contribution in [0.5, 0.6) is 0 Å². The molecule has 0 amide bonds. The van der Waals surface area contributed by atoms with E-state index in [1.54, 1.807) is 0 Å². The molecule has 3 heteroatoms. The molecule has 0 N–H and O–H groups in total. The van der Waals surface area contributed by atoms with Gasteiger partial charge in [-0.15, -0.1) is 0 Å². The van der Waals surface area contributed by atoms with Crippen LogP contribution < -0.4 is 4.90 Å². The minimum atomic E-state index is 1.08. The molecule has 0 bridgehead atoms. The molecule has 268 valence electrons. The number of aromatic nitrogens is 2. The van der Waals surface area contributed by atoms with Crippen LogP contribution in [0.15, 0.2) is 224 Å². The highest BCUT2D eigenvalue weighted by Gasteiger charge is 2.21. The molecule has 2 heterocycles. The van der Waals surface area contributed by atoms with Crippen LogP contribution in [0.25, 0.3) is 77.2 Å². The minimum Gasteiger partial charge on any atom is -0.310 e. The number of hydrogen-bond donors (Lipinski definition) is 0. The lowest BCUT2D eigenvalue weighted by Crippen LogP contribution is -2.11. The summed E-state index contributed by atoms with van der Waals surface area (Å²) in [4.78, 5) is 2.39. The van der Waals surface area contributed by atoms with E-state index in [2.05, 4.69) is 238 Å². The van der Waals surface area contributed by atoms with Crippen molar-refractivity contribution in [2.24, 2.45) is 0 Å². The van der Waals surface area contributed by atoms with Crippen LogP contribution in [0.4, 0.5) is 17.1 Å². The first-order valence-electron chi connectivity index (χ1n) is 19.5. The maximum absolute atomic E-state index is 2.44. The van der Waals surface area contributed by atoms with Crippen molar-refractivity contribution in [3.8, 4) is 33.6 Å². The molecule has 0 atom stereocenters. The molecular formula is C54H37N3. The molecule has 11 aromatic rings. The third kappa shape index (κ3) is 5.51. The number of nitrogens with zero attached hydrogens (tertiary/aromatic N) is 3. The highest BCUT2D eigenvalue weighted by molar-refractivity contribution is 6.16. The third-order valence-corrected chi connectivity index (χ3v) is 11.3. The molecule has 0 spiro atoms. The minimum absolute atomic E-state index is 1.08. The summed E-state index contributed by atoms with van der Waals surface area (Å²) in [5, 5.41) is 4.95. The molecule has 0 saturated heterocycles. The summed E-state index contributed by atoms with van der Waals surface area (Å²) in [7, 11) is 0. The molecule has 11 rings (SSSR count). The van der Waals surface area contributed by atoms with E-state index < -0.39 is 0 Å². The van der Waals surface area contributed by atoms with E-state index in [0.717, 1.165) is 34.0 Å². The van der Waals surface area contributed by atoms with Gasteiger partial charge in [0, 0.05) is 50.0 Å². The smallest absolute Gasteiger partial charge is 0.0547 e. The van der Waals surface area contributed by atoms with Crippen LogP contribution in [0.2, 0.25) is 0 Å². The molecule has 2 aromatic heterocycles. The SMILES string of the molecule is c1ccc(-c2ccc(N(c3ccccc3)c3cc(-c4cccc5c4c4ccccc4n5-c4ccccc4)cc(-n4c5ccccc5c5ccccc54)c3)cc2)cc1. The predicted octanol–water partition coefficient (Wildman–Crippen LogP) is 14.7. The highest BCUT2D eigenvalue weighted by atomic mass is 15.1. The van der Waals surface area contributed by atoms with Crippen molar-refractivity contribution in [2.45, 2.75) is 0 Å². The molecule has 0 aliphatic rings. The van der Waals surface area contributed by atoms with Gasteiger partial charge in [-0.2, -0.15) is 0 Å². The molecule has 0 unspecified atom stereocenters. The van der Waals surface area contributed by atoms with Gasteiger partial charge in [-0.3, -0.25) is 0 Å². The van der Waals surface area contributed by atoms with E-state index in [1.807, 2.05) is 0 Å². The van der Waals surface area contributed by atoms with Crippen molar-refractivity contribution in [3.63, 3.8) is 0 Å². The summed E-state index contributed by atoms with van der Waals surface area (Å²) in [6, 6.07) is 81.2. The van der Waals surface area contributed by atoms with Crippen LogP contribution >= 0.6 is 0 Å². The number of anilines is 3. The van der Waals surface area contributed by atoms with Gasteiger partial charge in [0.2, 0.25) is 0 Å². The molecule has 0 radical (unpaired) electrons. The van der Waals surface area contributed by atoms with Gasteiger partial charge in [0.05, 0.1) is 22.1 Å². The Labute approximate surface area is 331 Å². The van der Waals surface area contributed by atoms with E-state index in [9.17, 15) is 0 Å². The lowest BCUT2D eigenvalue weighted by molar-refractivity contribution is 1.17. The second-order valence-electron chi connectivity index (χ2n) is 14.6. The first-order chi connectivity index (χ1) is 28.3. The Morgan fingerprint density at radius 2 is 0.772 bits per heavy atom. The monoisotopic (exact) mass is 727 g/mol. The fraction of sp³-hybridized carbons (Fsp3) is 0. The van der Waals surface area contributed by atoms with E-state index in [-0.39, 0.29) is 0 Å². The standard InChI is InChI=1S/C54H37N3/c1-4-17-38(18-5-1)39-31-33-43(34-32-39)55(41-19-6-2-7-20-41)44-35-40(36-45(37-44)57-50-27-13-10-23-47(50)48-24-11-14-28-51(48)57)46-26-16-30-53-54(46)49-25-12-15-29-52(49)56(53)42-21-8-3-9-22-42/h1-37H. The molecule has 0 saturated carbocycles. The summed E-state index contributed by atoms with van der Waals surface area (Å²) in [5.41, 5.74) is 15.0. The highest BCUT2D eigenvalue weighted by Crippen LogP contribution is 2.44. The van der Waals surface area contributed by atoms with Gasteiger partial charge in [-0.25, -0.2) is 0 Å². The van der Waals surface area contributed by atoms with Crippen LogP contribution in [0, 0.1) is 0 Å². The summed E-state index contributed by atoms with van der Waals surface area (Å²) >= 11 is 0. The summed E-state index contributed by atoms with van der Waals surface area (Å²) in [6.07, 6.45) is 0. The van der Waals surface area contributed by atoms with E-state index in [4.69, 9.17) is 0 Å². The van der Waals surface area contributed by atoms with Gasteiger partial charge in [0.25, 0.3) is 0 Å². The summed E-state index contributed by atoms with van der Waals surface area (Å²) < 4.78 is 4.84. The van der Waals surface area contributed by atoms with E-state index in [1.165, 1.54) is 60.3 Å². The van der Waals surface area contributed by atoms with Crippen molar-refractivity contribution < 1.29 is 0 Å². The Morgan fingerprint density at radius 1 is 0.281 bits per heavy atom. The number of benzene rings is 9. The van der Waals surface area contributed by atoms with E-state index >= 15 is 0 Å². The Balaban J connectivity index is 1.21. The molecule has 0 aliphatic carbocycles. The average Bonchev–Trinajstić information content (AvgIpc) is 3.81. The molecule has 0 fully saturated rings. The lowest BCUT2D eigenvalue weighted by Gasteiger charge is -2.27. The zero-order valence-electron chi connectivity index (χ0n) is 31.2. The van der Waals surface area contributed by atoms with Crippen LogP contribution in [0.1, 0.15) is 0 Å². The zero-order chi connectivity index (χ0) is 37.7. The zero-order valence-corrected chi connectivity index (χ0v) is 31.2. The first kappa shape index (κ1) is 32.8. The fourth-order valence-electron chi connectivity index (χ4n) is 8.78. The quantitative estimate of drug-likeness (QED) is 0.159. The third-order valence-electron chi connectivity index (χ3n) is 11.3. The summed E-state index contributed by atoms with van der Waals surface area (Å²) in [5.74, 6) is 0. The Morgan fingerprint density at radius 3 is 1.44 bits per heavy atom. The van der Waals surface area contributed by atoms with Crippen molar-refractivity contribution in [3.05, 3.63) is 224 Å². The maximum Gasteiger partial charge on any atom is 0.0547 e. The molecule has 9 aromatic carbocycles. The van der Waals surface area contributed by atoms with Gasteiger partial charge in [0.15, 0.2) is 0 Å². The van der Waals surface area contributed by atoms with E-state index in [0.29, 0.717) is 0 Å². The largest absolute Gasteiger partial charge is 0.310 e. The molecular weight excluding hydrogens is 691 g/mol. The first-order valence-corrected chi connectivity index (χ1v) is 19.5. The van der Waals surface area contributed by atoms with Gasteiger partial charge in [-0.1, -0.05) is 146 Å². The van der Waals surface area contributed by atoms with Crippen LogP contribution in [-0.2, 0) is 0 Å². The van der Waals surface area contributed by atoms with Crippen LogP contribution in [-0.4, -0.2) is 9.13 Å². The van der Waals surface area contributed by atoms with Crippen molar-refractivity contribution in [2.75, 3.05) is 4.90 Å². The lowest BCUT2D eigenvalue weighted by atomic mass is 9.97. The topological polar surface area (TPSA) is 13.1 Å². The normalized spacial score (nSPS) is 11.5. The molecule has 57 heavy (non-hydrogen) atoms. The Kier molecular flexibility index (Phi) is 7.82. The number of para-hydroxylation sites is 5. The average molecular weight is 728 g/mol. The number of hydrogen-bond acceptors (Lipinski definition) is 1. The van der Waals surface area contributed by atoms with Gasteiger partial charge >= 0.3 is 0 Å². The van der Waals surface area contributed by atoms with Crippen molar-refractivity contribution >= 4 is 60.7 Å². The second-order valence-corrected chi connectivity index (χ2v) is 14.6. The molecule has 3 nitrogen and oxygen atoms in total.